The molecular weight excluding hydrogens is 395 g/mol. The quantitative estimate of drug-likeness (QED) is 0.536. The maximum atomic E-state index is 12.9. The Bertz CT molecular complexity index is 926. The van der Waals surface area contributed by atoms with Crippen LogP contribution in [0.15, 0.2) is 58.6 Å². The number of aromatic nitrogens is 3. The first-order valence-corrected chi connectivity index (χ1v) is 10.8. The largest absolute Gasteiger partial charge is 0.325 e. The lowest BCUT2D eigenvalue weighted by atomic mass is 10.2. The zero-order valence-electron chi connectivity index (χ0n) is 15.7. The predicted molar refractivity (Wildman–Crippen MR) is 112 cm³/mol. The summed E-state index contributed by atoms with van der Waals surface area (Å²) in [5.41, 5.74) is 1.80. The third-order valence-corrected chi connectivity index (χ3v) is 5.93. The van der Waals surface area contributed by atoms with Crippen molar-refractivity contribution >= 4 is 35.1 Å². The van der Waals surface area contributed by atoms with Crippen LogP contribution in [0.4, 0.5) is 10.1 Å². The molecule has 1 heterocycles. The molecule has 0 radical (unpaired) electrons. The molecule has 3 rings (SSSR count). The molecule has 1 N–H and O–H groups in total. The lowest BCUT2D eigenvalue weighted by Gasteiger charge is -2.08. The van der Waals surface area contributed by atoms with Crippen LogP contribution >= 0.6 is 23.5 Å². The minimum atomic E-state index is -0.334. The number of hydrogen-bond donors (Lipinski definition) is 1. The summed E-state index contributed by atoms with van der Waals surface area (Å²) in [6, 6.07) is 14.1. The van der Waals surface area contributed by atoms with Crippen LogP contribution in [0.2, 0.25) is 0 Å². The zero-order chi connectivity index (χ0) is 19.9. The van der Waals surface area contributed by atoms with Crippen LogP contribution in [0, 0.1) is 12.7 Å². The Kier molecular flexibility index (Phi) is 7.11. The Hall–Kier alpha value is -2.32. The average Bonchev–Trinajstić information content (AvgIpc) is 3.09. The van der Waals surface area contributed by atoms with Gasteiger partial charge in [0.2, 0.25) is 5.91 Å². The van der Waals surface area contributed by atoms with Gasteiger partial charge in [-0.2, -0.15) is 0 Å². The van der Waals surface area contributed by atoms with Gasteiger partial charge < -0.3 is 9.88 Å². The molecule has 28 heavy (non-hydrogen) atoms. The number of halogens is 1. The molecule has 0 spiro atoms. The second-order valence-electron chi connectivity index (χ2n) is 6.09. The zero-order valence-corrected chi connectivity index (χ0v) is 17.3. The van der Waals surface area contributed by atoms with Crippen LogP contribution in [-0.2, 0) is 17.1 Å². The van der Waals surface area contributed by atoms with Crippen LogP contribution in [0.3, 0.4) is 0 Å². The molecular formula is C20H21FN4OS2. The fourth-order valence-corrected chi connectivity index (χ4v) is 4.15. The summed E-state index contributed by atoms with van der Waals surface area (Å²) in [6.45, 7) is 4.84. The fraction of sp³-hybridized carbons (Fsp3) is 0.250. The lowest BCUT2D eigenvalue weighted by Crippen LogP contribution is -2.14. The van der Waals surface area contributed by atoms with Crippen LogP contribution in [-0.4, -0.2) is 26.4 Å². The number of carbonyl (C=O) groups excluding carboxylic acids is 1. The summed E-state index contributed by atoms with van der Waals surface area (Å²) in [4.78, 5) is 13.3. The number of amides is 1. The molecule has 5 nitrogen and oxygen atoms in total. The van der Waals surface area contributed by atoms with Gasteiger partial charge in [0.05, 0.1) is 11.5 Å². The Labute approximate surface area is 172 Å². The molecule has 0 aliphatic heterocycles. The Morgan fingerprint density at radius 1 is 1.07 bits per heavy atom. The second kappa shape index (κ2) is 9.75. The van der Waals surface area contributed by atoms with Gasteiger partial charge in [-0.25, -0.2) is 4.39 Å². The minimum absolute atomic E-state index is 0.169. The average molecular weight is 417 g/mol. The number of carbonyl (C=O) groups is 1. The number of nitrogens with zero attached hydrogens (tertiary/aromatic N) is 3. The van der Waals surface area contributed by atoms with E-state index in [4.69, 9.17) is 0 Å². The van der Waals surface area contributed by atoms with Crippen molar-refractivity contribution < 1.29 is 9.18 Å². The first-order chi connectivity index (χ1) is 13.5. The molecule has 0 unspecified atom stereocenters. The van der Waals surface area contributed by atoms with Gasteiger partial charge in [0.15, 0.2) is 5.16 Å². The van der Waals surface area contributed by atoms with E-state index >= 15 is 0 Å². The predicted octanol–water partition coefficient (Wildman–Crippen LogP) is 4.77. The van der Waals surface area contributed by atoms with Gasteiger partial charge in [-0.15, -0.1) is 22.0 Å². The van der Waals surface area contributed by atoms with Crippen molar-refractivity contribution in [3.63, 3.8) is 0 Å². The third kappa shape index (κ3) is 5.59. The number of hydrogen-bond acceptors (Lipinski definition) is 5. The van der Waals surface area contributed by atoms with Crippen LogP contribution in [0.25, 0.3) is 0 Å². The first kappa shape index (κ1) is 20.4. The van der Waals surface area contributed by atoms with Crippen molar-refractivity contribution in [1.29, 1.82) is 0 Å². The minimum Gasteiger partial charge on any atom is -0.325 e. The first-order valence-electron chi connectivity index (χ1n) is 8.85. The molecule has 146 valence electrons. The Balaban J connectivity index is 1.56. The standard InChI is InChI=1S/C20H21FN4OS2/c1-3-25-18(12-27-17-10-4-14(2)5-11-17)23-24-20(25)28-13-19(26)22-16-8-6-15(21)7-9-16/h4-11H,3,12-13H2,1-2H3,(H,22,26). The number of benzene rings is 2. The molecule has 0 atom stereocenters. The third-order valence-electron chi connectivity index (χ3n) is 3.96. The number of aryl methyl sites for hydroxylation is 1. The molecule has 1 amide bonds. The van der Waals surface area contributed by atoms with E-state index in [1.165, 1.54) is 46.5 Å². The Morgan fingerprint density at radius 2 is 1.79 bits per heavy atom. The van der Waals surface area contributed by atoms with Crippen LogP contribution in [0.1, 0.15) is 18.3 Å². The van der Waals surface area contributed by atoms with E-state index in [0.29, 0.717) is 11.4 Å². The summed E-state index contributed by atoms with van der Waals surface area (Å²) in [6.07, 6.45) is 0. The summed E-state index contributed by atoms with van der Waals surface area (Å²) in [7, 11) is 0. The van der Waals surface area contributed by atoms with E-state index in [9.17, 15) is 9.18 Å². The van der Waals surface area contributed by atoms with Gasteiger partial charge in [0.25, 0.3) is 0 Å². The monoisotopic (exact) mass is 416 g/mol. The molecule has 0 aliphatic carbocycles. The summed E-state index contributed by atoms with van der Waals surface area (Å²) >= 11 is 3.05. The highest BCUT2D eigenvalue weighted by atomic mass is 32.2. The summed E-state index contributed by atoms with van der Waals surface area (Å²) in [5.74, 6) is 1.30. The fourth-order valence-electron chi connectivity index (χ4n) is 2.49. The normalized spacial score (nSPS) is 10.8. The van der Waals surface area contributed by atoms with Gasteiger partial charge in [-0.3, -0.25) is 4.79 Å². The smallest absolute Gasteiger partial charge is 0.234 e. The van der Waals surface area contributed by atoms with Gasteiger partial charge >= 0.3 is 0 Å². The van der Waals surface area contributed by atoms with Crippen molar-refractivity contribution in [3.8, 4) is 0 Å². The molecule has 8 heteroatoms. The molecule has 0 saturated carbocycles. The van der Waals surface area contributed by atoms with Crippen molar-refractivity contribution in [2.24, 2.45) is 0 Å². The van der Waals surface area contributed by atoms with Crippen molar-refractivity contribution in [2.75, 3.05) is 11.1 Å². The molecule has 0 fully saturated rings. The molecule has 0 aliphatic rings. The van der Waals surface area contributed by atoms with Gasteiger partial charge in [-0.1, -0.05) is 29.5 Å². The number of anilines is 1. The van der Waals surface area contributed by atoms with Crippen molar-refractivity contribution in [3.05, 3.63) is 65.7 Å². The number of nitrogens with one attached hydrogen (secondary N) is 1. The van der Waals surface area contributed by atoms with Crippen molar-refractivity contribution in [1.82, 2.24) is 14.8 Å². The van der Waals surface area contributed by atoms with Crippen LogP contribution in [0.5, 0.6) is 0 Å². The maximum Gasteiger partial charge on any atom is 0.234 e. The maximum absolute atomic E-state index is 12.9. The van der Waals surface area contributed by atoms with E-state index in [2.05, 4.69) is 46.7 Å². The summed E-state index contributed by atoms with van der Waals surface area (Å²) < 4.78 is 15.0. The second-order valence-corrected chi connectivity index (χ2v) is 8.08. The van der Waals surface area contributed by atoms with E-state index in [1.807, 2.05) is 11.5 Å². The van der Waals surface area contributed by atoms with E-state index in [0.717, 1.165) is 17.5 Å². The van der Waals surface area contributed by atoms with Crippen molar-refractivity contribution in [2.45, 2.75) is 36.2 Å². The van der Waals surface area contributed by atoms with E-state index in [-0.39, 0.29) is 17.5 Å². The SMILES string of the molecule is CCn1c(CSc2ccc(C)cc2)nnc1SCC(=O)Nc1ccc(F)cc1. The highest BCUT2D eigenvalue weighted by molar-refractivity contribution is 7.99. The van der Waals surface area contributed by atoms with Gasteiger partial charge in [0, 0.05) is 17.1 Å². The van der Waals surface area contributed by atoms with E-state index in [1.54, 1.807) is 11.8 Å². The Morgan fingerprint density at radius 3 is 2.46 bits per heavy atom. The number of thioether (sulfide) groups is 2. The highest BCUT2D eigenvalue weighted by Crippen LogP contribution is 2.25. The van der Waals surface area contributed by atoms with Gasteiger partial charge in [0.1, 0.15) is 11.6 Å². The molecule has 3 aromatic rings. The highest BCUT2D eigenvalue weighted by Gasteiger charge is 2.13. The van der Waals surface area contributed by atoms with Crippen LogP contribution < -0.4 is 5.32 Å². The van der Waals surface area contributed by atoms with Gasteiger partial charge in [-0.05, 0) is 50.2 Å². The number of rotatable bonds is 8. The lowest BCUT2D eigenvalue weighted by molar-refractivity contribution is -0.113. The summed E-state index contributed by atoms with van der Waals surface area (Å²) in [5, 5.41) is 12.0. The topological polar surface area (TPSA) is 59.8 Å². The molecule has 2 aromatic carbocycles. The molecule has 0 saturated heterocycles. The molecule has 1 aromatic heterocycles. The van der Waals surface area contributed by atoms with E-state index < -0.39 is 0 Å². The molecule has 0 bridgehead atoms.